The molecule has 2 bridgehead atoms. The van der Waals surface area contributed by atoms with E-state index in [1.54, 1.807) is 0 Å². The van der Waals surface area contributed by atoms with Crippen molar-refractivity contribution >= 4 is 23.0 Å². The van der Waals surface area contributed by atoms with Crippen molar-refractivity contribution in [3.05, 3.63) is 161 Å². The van der Waals surface area contributed by atoms with Gasteiger partial charge in [-0.25, -0.2) is 0 Å². The van der Waals surface area contributed by atoms with Crippen LogP contribution in [-0.4, -0.2) is 6.61 Å². The lowest BCUT2D eigenvalue weighted by Gasteiger charge is -2.34. The predicted molar refractivity (Wildman–Crippen MR) is 245 cm³/mol. The molecule has 314 valence electrons. The van der Waals surface area contributed by atoms with Crippen LogP contribution in [0.4, 0.5) is 0 Å². The van der Waals surface area contributed by atoms with Gasteiger partial charge < -0.3 is 22.6 Å². The first kappa shape index (κ1) is 42.2. The third kappa shape index (κ3) is 9.98. The van der Waals surface area contributed by atoms with Gasteiger partial charge in [0.2, 0.25) is 0 Å². The lowest BCUT2D eigenvalue weighted by Crippen LogP contribution is -2.16. The maximum Gasteiger partial charge on any atom is 0.460 e. The predicted octanol–water partition coefficient (Wildman–Crippen LogP) is 15.3. The van der Waals surface area contributed by atoms with Crippen molar-refractivity contribution in [3.8, 4) is 28.7 Å². The second-order valence-corrected chi connectivity index (χ2v) is 21.8. The van der Waals surface area contributed by atoms with Gasteiger partial charge in [-0.2, -0.15) is 0 Å². The van der Waals surface area contributed by atoms with E-state index >= 15 is 0 Å². The molecule has 1 aliphatic heterocycles. The Bertz CT molecular complexity index is 2220. The monoisotopic (exact) mass is 863 g/mol. The molecule has 5 aromatic rings. The van der Waals surface area contributed by atoms with Crippen LogP contribution in [0.2, 0.25) is 0 Å². The quantitative estimate of drug-likeness (QED) is 0.0643. The van der Waals surface area contributed by atoms with Crippen molar-refractivity contribution < 1.29 is 27.1 Å². The highest BCUT2D eigenvalue weighted by molar-refractivity contribution is 7.79. The van der Waals surface area contributed by atoms with Gasteiger partial charge in [-0.1, -0.05) is 112 Å². The Morgan fingerprint density at radius 2 is 0.700 bits per heavy atom. The van der Waals surface area contributed by atoms with E-state index in [4.69, 9.17) is 40.7 Å². The third-order valence-electron chi connectivity index (χ3n) is 11.3. The van der Waals surface area contributed by atoms with Crippen molar-refractivity contribution in [2.24, 2.45) is 31.3 Å². The first-order valence-corrected chi connectivity index (χ1v) is 26.0. The fourth-order valence-corrected chi connectivity index (χ4v) is 16.9. The number of aryl methyl sites for hydroxylation is 5. The molecule has 5 aromatic carbocycles. The smallest absolute Gasteiger partial charge is 0.422 e. The van der Waals surface area contributed by atoms with Gasteiger partial charge in [0.1, 0.15) is 28.7 Å². The topological polar surface area (TPSA) is 92.5 Å². The van der Waals surface area contributed by atoms with E-state index in [1.165, 1.54) is 27.8 Å². The van der Waals surface area contributed by atoms with Gasteiger partial charge in [0.05, 0.1) is 6.61 Å². The maximum absolute atomic E-state index is 7.17. The molecule has 0 spiro atoms. The minimum absolute atomic E-state index is 0.266. The Hall–Kier alpha value is -4.51. The SMILES string of the molecule is CCc1ccc(OP2(OCC3CC4C=CC3C4)=NP(Oc3ccc(CC)cc3)(Oc3ccc(CC)cc3)=NP(Oc3ccc(CC)cc3)(Oc3ccc(CC)cc3)=N2)cc1. The van der Waals surface area contributed by atoms with Gasteiger partial charge in [-0.05, 0) is 151 Å². The fraction of sp³-hybridized carbons (Fsp3) is 0.333. The molecule has 0 saturated heterocycles. The van der Waals surface area contributed by atoms with Gasteiger partial charge in [-0.15, -0.1) is 9.03 Å². The second kappa shape index (κ2) is 18.6. The standard InChI is InChI=1S/C48H56N3O6P3/c1-6-36-12-23-44(24-13-36)53-58(52-35-43-34-41-11-22-42(43)33-41)49-59(54-45-25-14-37(7-2)15-26-45,55-46-27-16-38(8-3)17-28-46)51-60(50-58,56-47-29-18-39(9-4)19-30-47)57-48-31-20-40(10-5)21-32-48/h11-32,41-43H,6-10,33-35H2,1-5H3. The van der Waals surface area contributed by atoms with E-state index in [-0.39, 0.29) is 5.92 Å². The highest BCUT2D eigenvalue weighted by Gasteiger charge is 2.49. The summed E-state index contributed by atoms with van der Waals surface area (Å²) < 4.78 is 58.9. The van der Waals surface area contributed by atoms with E-state index in [2.05, 4.69) is 58.9 Å². The van der Waals surface area contributed by atoms with E-state index < -0.39 is 23.0 Å². The number of fused-ring (bicyclic) bond motifs is 2. The van der Waals surface area contributed by atoms with E-state index in [1.807, 2.05) is 109 Å². The number of nitrogens with zero attached hydrogens (tertiary/aromatic N) is 3. The summed E-state index contributed by atoms with van der Waals surface area (Å²) in [5.41, 5.74) is 5.85. The summed E-state index contributed by atoms with van der Waals surface area (Å²) in [5.74, 6) is 3.89. The maximum atomic E-state index is 7.17. The summed E-state index contributed by atoms with van der Waals surface area (Å²) >= 11 is 0. The molecule has 1 saturated carbocycles. The van der Waals surface area contributed by atoms with Gasteiger partial charge in [0.15, 0.2) is 0 Å². The third-order valence-corrected chi connectivity index (χ3v) is 19.5. The van der Waals surface area contributed by atoms with Crippen LogP contribution in [0, 0.1) is 17.8 Å². The number of allylic oxidation sites excluding steroid dienone is 2. The van der Waals surface area contributed by atoms with Crippen LogP contribution < -0.4 is 22.6 Å². The normalized spacial score (nSPS) is 21.9. The molecule has 0 amide bonds. The molecule has 2 aliphatic carbocycles. The zero-order chi connectivity index (χ0) is 41.6. The number of hydrogen-bond donors (Lipinski definition) is 0. The summed E-state index contributed by atoms with van der Waals surface area (Å²) in [6.45, 7) is 11.0. The van der Waals surface area contributed by atoms with E-state index in [0.717, 1.165) is 44.9 Å². The van der Waals surface area contributed by atoms with Gasteiger partial charge >= 0.3 is 23.0 Å². The van der Waals surface area contributed by atoms with Crippen molar-refractivity contribution in [1.29, 1.82) is 0 Å². The zero-order valence-corrected chi connectivity index (χ0v) is 37.9. The molecule has 4 atom stereocenters. The van der Waals surface area contributed by atoms with Crippen molar-refractivity contribution in [2.45, 2.75) is 79.6 Å². The van der Waals surface area contributed by atoms with Crippen LogP contribution >= 0.6 is 23.0 Å². The lowest BCUT2D eigenvalue weighted by molar-refractivity contribution is 0.224. The first-order valence-electron chi connectivity index (χ1n) is 21.4. The summed E-state index contributed by atoms with van der Waals surface area (Å²) in [6.07, 6.45) is 11.2. The molecule has 4 unspecified atom stereocenters. The van der Waals surface area contributed by atoms with Crippen LogP contribution in [-0.2, 0) is 36.6 Å². The van der Waals surface area contributed by atoms with Crippen LogP contribution in [0.5, 0.6) is 28.7 Å². The molecule has 3 aliphatic rings. The molecule has 9 nitrogen and oxygen atoms in total. The molecule has 8 rings (SSSR count). The van der Waals surface area contributed by atoms with Gasteiger partial charge in [0.25, 0.3) is 0 Å². The summed E-state index contributed by atoms with van der Waals surface area (Å²) in [5, 5.41) is 0. The second-order valence-electron chi connectivity index (χ2n) is 15.5. The molecule has 1 fully saturated rings. The number of rotatable bonds is 18. The highest BCUT2D eigenvalue weighted by atomic mass is 31.3. The lowest BCUT2D eigenvalue weighted by atomic mass is 9.95. The Morgan fingerprint density at radius 3 is 0.983 bits per heavy atom. The van der Waals surface area contributed by atoms with Crippen molar-refractivity contribution in [1.82, 2.24) is 0 Å². The largest absolute Gasteiger partial charge is 0.460 e. The molecule has 0 aromatic heterocycles. The minimum atomic E-state index is -3.91. The average molecular weight is 864 g/mol. The minimum Gasteiger partial charge on any atom is -0.422 e. The van der Waals surface area contributed by atoms with E-state index in [9.17, 15) is 0 Å². The van der Waals surface area contributed by atoms with Crippen LogP contribution in [0.25, 0.3) is 0 Å². The first-order chi connectivity index (χ1) is 29.2. The summed E-state index contributed by atoms with van der Waals surface area (Å²) in [6, 6.07) is 39.8. The Labute approximate surface area is 356 Å². The molecule has 1 heterocycles. The molecular formula is C48H56N3O6P3. The van der Waals surface area contributed by atoms with Gasteiger partial charge in [-0.3, -0.25) is 4.52 Å². The van der Waals surface area contributed by atoms with Crippen molar-refractivity contribution in [2.75, 3.05) is 6.61 Å². The zero-order valence-electron chi connectivity index (χ0n) is 35.2. The van der Waals surface area contributed by atoms with Crippen LogP contribution in [0.3, 0.4) is 0 Å². The molecule has 0 radical (unpaired) electrons. The van der Waals surface area contributed by atoms with Gasteiger partial charge in [0, 0.05) is 0 Å². The summed E-state index contributed by atoms with van der Waals surface area (Å²) in [7, 11) is -11.7. The Balaban J connectivity index is 1.39. The number of hydrogen-bond acceptors (Lipinski definition) is 9. The van der Waals surface area contributed by atoms with E-state index in [0.29, 0.717) is 47.2 Å². The van der Waals surface area contributed by atoms with Crippen molar-refractivity contribution in [3.63, 3.8) is 0 Å². The molecule has 0 N–H and O–H groups in total. The fourth-order valence-electron chi connectivity index (χ4n) is 7.68. The molecule has 60 heavy (non-hydrogen) atoms. The number of benzene rings is 5. The Morgan fingerprint density at radius 1 is 0.400 bits per heavy atom. The molecular weight excluding hydrogens is 807 g/mol. The Kier molecular flexibility index (Phi) is 13.1. The average Bonchev–Trinajstić information content (AvgIpc) is 3.91. The molecule has 12 heteroatoms. The van der Waals surface area contributed by atoms with Crippen LogP contribution in [0.1, 0.15) is 75.3 Å². The highest BCUT2D eigenvalue weighted by Crippen LogP contribution is 2.79. The van der Waals surface area contributed by atoms with Crippen LogP contribution in [0.15, 0.2) is 147 Å². The summed E-state index contributed by atoms with van der Waals surface area (Å²) in [4.78, 5) is 0.